The highest BCUT2D eigenvalue weighted by atomic mass is 35.5. The summed E-state index contributed by atoms with van der Waals surface area (Å²) in [6.07, 6.45) is 3.28. The maximum atomic E-state index is 11.2. The molecular weight excluding hydrogens is 286 g/mol. The largest absolute Gasteiger partial charge is 0.482 e. The molecule has 6 heteroatoms. The van der Waals surface area contributed by atoms with Crippen molar-refractivity contribution >= 4 is 40.5 Å². The van der Waals surface area contributed by atoms with Crippen molar-refractivity contribution in [3.05, 3.63) is 35.0 Å². The first-order valence-electron chi connectivity index (χ1n) is 5.52. The van der Waals surface area contributed by atoms with Crippen molar-refractivity contribution < 1.29 is 13.7 Å². The Morgan fingerprint density at radius 1 is 1.42 bits per heavy atom. The van der Waals surface area contributed by atoms with Crippen molar-refractivity contribution in [1.29, 1.82) is 0 Å². The van der Waals surface area contributed by atoms with Crippen LogP contribution in [0.4, 0.5) is 0 Å². The van der Waals surface area contributed by atoms with E-state index in [9.17, 15) is 4.79 Å². The molecule has 0 aliphatic heterocycles. The van der Waals surface area contributed by atoms with Crippen molar-refractivity contribution in [2.45, 2.75) is 6.92 Å². The van der Waals surface area contributed by atoms with Gasteiger partial charge in [-0.3, -0.25) is 4.98 Å². The second-order valence-electron chi connectivity index (χ2n) is 3.88. The fourth-order valence-corrected chi connectivity index (χ4v) is 2.11. The van der Waals surface area contributed by atoms with E-state index in [1.807, 2.05) is 19.1 Å². The van der Waals surface area contributed by atoms with Crippen LogP contribution in [0.2, 0.25) is 5.02 Å². The van der Waals surface area contributed by atoms with Crippen LogP contribution in [0.15, 0.2) is 24.4 Å². The van der Waals surface area contributed by atoms with E-state index in [1.54, 1.807) is 18.5 Å². The molecule has 0 fully saturated rings. The molecular formula is C13H12ClNO3S. The molecule has 0 aliphatic carbocycles. The number of fused-ring (bicyclic) bond motifs is 1. The fraction of sp³-hybridized carbons (Fsp3) is 0.231. The number of nitrogens with zero attached hydrogens (tertiary/aromatic N) is 1. The SMILES string of the molecule is CSOC(=O)COc1cc(C)c2ncc(Cl)cc2c1. The topological polar surface area (TPSA) is 48.4 Å². The van der Waals surface area contributed by atoms with Gasteiger partial charge in [0.2, 0.25) is 0 Å². The molecule has 1 aromatic carbocycles. The van der Waals surface area contributed by atoms with E-state index in [0.717, 1.165) is 28.5 Å². The minimum atomic E-state index is -0.422. The van der Waals surface area contributed by atoms with E-state index in [0.29, 0.717) is 10.8 Å². The number of aromatic nitrogens is 1. The van der Waals surface area contributed by atoms with E-state index in [2.05, 4.69) is 4.98 Å². The molecule has 2 aromatic rings. The zero-order chi connectivity index (χ0) is 13.8. The standard InChI is InChI=1S/C13H12ClNO3S/c1-8-3-11(17-7-12(16)18-19-2)5-9-4-10(14)6-15-13(8)9/h3-6H,7H2,1-2H3. The number of rotatable bonds is 4. The van der Waals surface area contributed by atoms with Crippen molar-refractivity contribution in [3.8, 4) is 5.75 Å². The monoisotopic (exact) mass is 297 g/mol. The van der Waals surface area contributed by atoms with Crippen LogP contribution in [0.1, 0.15) is 5.56 Å². The van der Waals surface area contributed by atoms with Crippen LogP contribution < -0.4 is 4.74 Å². The molecule has 1 aromatic heterocycles. The fourth-order valence-electron chi connectivity index (χ4n) is 1.71. The van der Waals surface area contributed by atoms with Gasteiger partial charge in [0.15, 0.2) is 6.61 Å². The molecule has 0 saturated heterocycles. The number of hydrogen-bond donors (Lipinski definition) is 0. The van der Waals surface area contributed by atoms with Gasteiger partial charge in [0.25, 0.3) is 0 Å². The van der Waals surface area contributed by atoms with Crippen molar-refractivity contribution in [3.63, 3.8) is 0 Å². The van der Waals surface area contributed by atoms with Crippen LogP contribution in [0.25, 0.3) is 10.9 Å². The summed E-state index contributed by atoms with van der Waals surface area (Å²) < 4.78 is 10.1. The van der Waals surface area contributed by atoms with Crippen LogP contribution >= 0.6 is 23.6 Å². The Kier molecular flexibility index (Phi) is 4.50. The molecule has 0 N–H and O–H groups in total. The number of ether oxygens (including phenoxy) is 1. The lowest BCUT2D eigenvalue weighted by Gasteiger charge is -2.08. The van der Waals surface area contributed by atoms with Crippen molar-refractivity contribution in [2.75, 3.05) is 12.9 Å². The summed E-state index contributed by atoms with van der Waals surface area (Å²) in [4.78, 5) is 15.5. The molecule has 0 amide bonds. The lowest BCUT2D eigenvalue weighted by molar-refractivity contribution is -0.135. The highest BCUT2D eigenvalue weighted by molar-refractivity contribution is 7.94. The molecule has 0 saturated carbocycles. The molecule has 19 heavy (non-hydrogen) atoms. The van der Waals surface area contributed by atoms with Gasteiger partial charge in [-0.15, -0.1) is 0 Å². The normalized spacial score (nSPS) is 10.5. The summed E-state index contributed by atoms with van der Waals surface area (Å²) >= 11 is 6.91. The van der Waals surface area contributed by atoms with Gasteiger partial charge in [0.1, 0.15) is 5.75 Å². The van der Waals surface area contributed by atoms with Gasteiger partial charge in [-0.1, -0.05) is 11.6 Å². The molecule has 2 rings (SSSR count). The predicted molar refractivity (Wildman–Crippen MR) is 76.6 cm³/mol. The number of halogens is 1. The highest BCUT2D eigenvalue weighted by Gasteiger charge is 2.07. The zero-order valence-corrected chi connectivity index (χ0v) is 12.0. The first-order chi connectivity index (χ1) is 9.10. The number of pyridine rings is 1. The minimum Gasteiger partial charge on any atom is -0.482 e. The molecule has 0 atom stereocenters. The average molecular weight is 298 g/mol. The zero-order valence-electron chi connectivity index (χ0n) is 10.5. The third-order valence-corrected chi connectivity index (χ3v) is 3.01. The third-order valence-electron chi connectivity index (χ3n) is 2.45. The Labute approximate surface area is 120 Å². The summed E-state index contributed by atoms with van der Waals surface area (Å²) in [5.41, 5.74) is 1.82. The maximum absolute atomic E-state index is 11.2. The van der Waals surface area contributed by atoms with Crippen LogP contribution in [-0.2, 0) is 8.98 Å². The maximum Gasteiger partial charge on any atom is 0.356 e. The van der Waals surface area contributed by atoms with Crippen LogP contribution in [0.3, 0.4) is 0 Å². The van der Waals surface area contributed by atoms with Gasteiger partial charge in [-0.05, 0) is 30.7 Å². The highest BCUT2D eigenvalue weighted by Crippen LogP contribution is 2.25. The van der Waals surface area contributed by atoms with Gasteiger partial charge in [-0.2, -0.15) is 0 Å². The summed E-state index contributed by atoms with van der Waals surface area (Å²) in [7, 11) is 0. The Bertz CT molecular complexity index is 618. The quantitative estimate of drug-likeness (QED) is 0.810. The van der Waals surface area contributed by atoms with Gasteiger partial charge in [-0.25, -0.2) is 4.79 Å². The first-order valence-corrected chi connectivity index (χ1v) is 7.05. The van der Waals surface area contributed by atoms with Crippen molar-refractivity contribution in [2.24, 2.45) is 0 Å². The number of hydrogen-bond acceptors (Lipinski definition) is 5. The molecule has 0 spiro atoms. The number of carbonyl (C=O) groups is 1. The Balaban J connectivity index is 2.22. The summed E-state index contributed by atoms with van der Waals surface area (Å²) in [6, 6.07) is 5.44. The lowest BCUT2D eigenvalue weighted by atomic mass is 10.1. The van der Waals surface area contributed by atoms with E-state index in [1.165, 1.54) is 0 Å². The van der Waals surface area contributed by atoms with Gasteiger partial charge in [0, 0.05) is 17.8 Å². The second-order valence-corrected chi connectivity index (χ2v) is 4.81. The van der Waals surface area contributed by atoms with E-state index in [4.69, 9.17) is 20.5 Å². The van der Waals surface area contributed by atoms with Gasteiger partial charge in [0.05, 0.1) is 22.6 Å². The first kappa shape index (κ1) is 14.0. The Morgan fingerprint density at radius 3 is 2.95 bits per heavy atom. The lowest BCUT2D eigenvalue weighted by Crippen LogP contribution is -2.11. The average Bonchev–Trinajstić information content (AvgIpc) is 2.36. The minimum absolute atomic E-state index is 0.125. The molecule has 4 nitrogen and oxygen atoms in total. The van der Waals surface area contributed by atoms with Gasteiger partial charge < -0.3 is 8.92 Å². The second kappa shape index (κ2) is 6.12. The summed E-state index contributed by atoms with van der Waals surface area (Å²) in [6.45, 7) is 1.80. The molecule has 0 aliphatic rings. The molecule has 0 radical (unpaired) electrons. The smallest absolute Gasteiger partial charge is 0.356 e. The summed E-state index contributed by atoms with van der Waals surface area (Å²) in [5, 5.41) is 1.44. The Morgan fingerprint density at radius 2 is 2.21 bits per heavy atom. The van der Waals surface area contributed by atoms with E-state index < -0.39 is 5.97 Å². The molecule has 0 unspecified atom stereocenters. The van der Waals surface area contributed by atoms with E-state index >= 15 is 0 Å². The summed E-state index contributed by atoms with van der Waals surface area (Å²) in [5.74, 6) is 0.168. The molecule has 100 valence electrons. The van der Waals surface area contributed by atoms with Crippen LogP contribution in [-0.4, -0.2) is 23.8 Å². The predicted octanol–water partition coefficient (Wildman–Crippen LogP) is 3.40. The molecule has 1 heterocycles. The number of benzene rings is 1. The number of carbonyl (C=O) groups excluding carboxylic acids is 1. The van der Waals surface area contributed by atoms with Crippen LogP contribution in [0, 0.1) is 6.92 Å². The third kappa shape index (κ3) is 3.52. The van der Waals surface area contributed by atoms with Crippen LogP contribution in [0.5, 0.6) is 5.75 Å². The number of aryl methyl sites for hydroxylation is 1. The van der Waals surface area contributed by atoms with Gasteiger partial charge >= 0.3 is 5.97 Å². The van der Waals surface area contributed by atoms with E-state index in [-0.39, 0.29) is 6.61 Å². The Hall–Kier alpha value is -1.46. The van der Waals surface area contributed by atoms with Crippen molar-refractivity contribution in [1.82, 2.24) is 4.98 Å². The molecule has 0 bridgehead atoms.